The zero-order chi connectivity index (χ0) is 23.8. The van der Waals surface area contributed by atoms with Gasteiger partial charge in [-0.2, -0.15) is 0 Å². The van der Waals surface area contributed by atoms with Gasteiger partial charge in [0.2, 0.25) is 5.91 Å². The molecule has 1 atom stereocenters. The molecular weight excluding hydrogens is 444 g/mol. The van der Waals surface area contributed by atoms with Gasteiger partial charge in [0.15, 0.2) is 11.0 Å². The molecule has 0 saturated heterocycles. The molecule has 0 aliphatic rings. The lowest BCUT2D eigenvalue weighted by Crippen LogP contribution is -2.28. The van der Waals surface area contributed by atoms with Crippen molar-refractivity contribution in [3.8, 4) is 0 Å². The Morgan fingerprint density at radius 2 is 1.88 bits per heavy atom. The van der Waals surface area contributed by atoms with E-state index in [2.05, 4.69) is 27.4 Å². The van der Waals surface area contributed by atoms with Crippen molar-refractivity contribution in [1.82, 2.24) is 20.1 Å². The summed E-state index contributed by atoms with van der Waals surface area (Å²) < 4.78 is 1.78. The highest BCUT2D eigenvalue weighted by atomic mass is 32.2. The van der Waals surface area contributed by atoms with Crippen LogP contribution in [0.5, 0.6) is 0 Å². The van der Waals surface area contributed by atoms with Gasteiger partial charge >= 0.3 is 0 Å². The highest BCUT2D eigenvalue weighted by Crippen LogP contribution is 2.22. The zero-order valence-electron chi connectivity index (χ0n) is 17.8. The Labute approximate surface area is 194 Å². The molecule has 11 heteroatoms. The fraction of sp³-hybridized carbons (Fsp3) is 0.182. The number of hydrogen-bond acceptors (Lipinski definition) is 7. The molecule has 2 amide bonds. The number of hydrogen-bond donors (Lipinski definition) is 2. The van der Waals surface area contributed by atoms with Crippen LogP contribution in [0.25, 0.3) is 0 Å². The van der Waals surface area contributed by atoms with Gasteiger partial charge in [-0.15, -0.1) is 16.8 Å². The largest absolute Gasteiger partial charge is 0.342 e. The van der Waals surface area contributed by atoms with E-state index in [4.69, 9.17) is 0 Å². The standard InChI is InChI=1S/C22H22N6O4S/c1-3-13-27-20(15(2)23-21(30)16-7-5-4-6-8-16)25-26-22(27)33-14-19(29)24-17-9-11-18(12-10-17)28(31)32/h3-12,15H,1,13-14H2,2H3,(H,23,30)(H,24,29)/t15-/m1/s1. The number of allylic oxidation sites excluding steroid dienone is 1. The highest BCUT2D eigenvalue weighted by Gasteiger charge is 2.20. The normalized spacial score (nSPS) is 11.4. The van der Waals surface area contributed by atoms with Crippen molar-refractivity contribution in [2.45, 2.75) is 24.7 Å². The Morgan fingerprint density at radius 1 is 1.18 bits per heavy atom. The van der Waals surface area contributed by atoms with Crippen molar-refractivity contribution in [3.63, 3.8) is 0 Å². The quantitative estimate of drug-likeness (QED) is 0.202. The summed E-state index contributed by atoms with van der Waals surface area (Å²) in [5.74, 6) is 0.0659. The molecule has 33 heavy (non-hydrogen) atoms. The van der Waals surface area contributed by atoms with Crippen LogP contribution in [-0.4, -0.2) is 37.3 Å². The Balaban J connectivity index is 1.63. The first-order valence-corrected chi connectivity index (χ1v) is 10.9. The molecule has 0 radical (unpaired) electrons. The third-order valence-corrected chi connectivity index (χ3v) is 5.49. The highest BCUT2D eigenvalue weighted by molar-refractivity contribution is 7.99. The van der Waals surface area contributed by atoms with Crippen LogP contribution < -0.4 is 10.6 Å². The molecule has 0 spiro atoms. The first-order chi connectivity index (χ1) is 15.9. The van der Waals surface area contributed by atoms with Crippen molar-refractivity contribution < 1.29 is 14.5 Å². The second-order valence-electron chi connectivity index (χ2n) is 6.94. The van der Waals surface area contributed by atoms with Crippen molar-refractivity contribution >= 4 is 35.0 Å². The fourth-order valence-electron chi connectivity index (χ4n) is 2.96. The number of non-ortho nitro benzene ring substituents is 1. The van der Waals surface area contributed by atoms with Crippen LogP contribution >= 0.6 is 11.8 Å². The number of anilines is 1. The number of benzene rings is 2. The Kier molecular flexibility index (Phi) is 7.92. The molecule has 1 heterocycles. The molecule has 0 aliphatic heterocycles. The summed E-state index contributed by atoms with van der Waals surface area (Å²) in [6.07, 6.45) is 1.68. The molecule has 170 valence electrons. The minimum absolute atomic E-state index is 0.0526. The molecule has 2 N–H and O–H groups in total. The van der Waals surface area contributed by atoms with E-state index in [-0.39, 0.29) is 23.3 Å². The van der Waals surface area contributed by atoms with Crippen LogP contribution in [-0.2, 0) is 11.3 Å². The van der Waals surface area contributed by atoms with Gasteiger partial charge < -0.3 is 15.2 Å². The minimum Gasteiger partial charge on any atom is -0.342 e. The molecule has 0 fully saturated rings. The Bertz CT molecular complexity index is 1150. The van der Waals surface area contributed by atoms with Crippen molar-refractivity contribution in [2.24, 2.45) is 0 Å². The lowest BCUT2D eigenvalue weighted by atomic mass is 10.2. The van der Waals surface area contributed by atoms with E-state index in [0.29, 0.717) is 28.8 Å². The Hall–Kier alpha value is -3.99. The number of aromatic nitrogens is 3. The zero-order valence-corrected chi connectivity index (χ0v) is 18.6. The maximum atomic E-state index is 12.5. The molecule has 0 saturated carbocycles. The minimum atomic E-state index is -0.505. The summed E-state index contributed by atoms with van der Waals surface area (Å²) in [5.41, 5.74) is 0.939. The molecule has 0 bridgehead atoms. The third kappa shape index (κ3) is 6.26. The van der Waals surface area contributed by atoms with Crippen molar-refractivity contribution in [2.75, 3.05) is 11.1 Å². The molecule has 0 unspecified atom stereocenters. The molecule has 2 aromatic carbocycles. The van der Waals surface area contributed by atoms with Gasteiger partial charge in [-0.3, -0.25) is 19.7 Å². The van der Waals surface area contributed by atoms with Gasteiger partial charge in [-0.1, -0.05) is 36.0 Å². The van der Waals surface area contributed by atoms with Gasteiger partial charge in [-0.25, -0.2) is 0 Å². The van der Waals surface area contributed by atoms with Gasteiger partial charge in [-0.05, 0) is 31.2 Å². The summed E-state index contributed by atoms with van der Waals surface area (Å²) in [6, 6.07) is 14.0. The second kappa shape index (κ2) is 11.0. The van der Waals surface area contributed by atoms with Gasteiger partial charge in [0.25, 0.3) is 11.6 Å². The van der Waals surface area contributed by atoms with Crippen molar-refractivity contribution in [1.29, 1.82) is 0 Å². The molecule has 3 rings (SSSR count). The summed E-state index contributed by atoms with van der Waals surface area (Å²) in [7, 11) is 0. The maximum absolute atomic E-state index is 12.5. The van der Waals surface area contributed by atoms with Crippen LogP contribution in [0.3, 0.4) is 0 Å². The summed E-state index contributed by atoms with van der Waals surface area (Å²) >= 11 is 1.18. The van der Waals surface area contributed by atoms with E-state index >= 15 is 0 Å². The lowest BCUT2D eigenvalue weighted by Gasteiger charge is -2.15. The number of carbonyl (C=O) groups excluding carboxylic acids is 2. The summed E-state index contributed by atoms with van der Waals surface area (Å²) in [5, 5.41) is 25.2. The number of thioether (sulfide) groups is 1. The first-order valence-electron chi connectivity index (χ1n) is 9.96. The number of nitro benzene ring substituents is 1. The third-order valence-electron chi connectivity index (χ3n) is 4.52. The van der Waals surface area contributed by atoms with E-state index in [9.17, 15) is 19.7 Å². The van der Waals surface area contributed by atoms with E-state index in [1.165, 1.54) is 36.0 Å². The number of rotatable bonds is 10. The van der Waals surface area contributed by atoms with Crippen LogP contribution in [0.4, 0.5) is 11.4 Å². The van der Waals surface area contributed by atoms with E-state index < -0.39 is 11.0 Å². The number of carbonyl (C=O) groups is 2. The van der Waals surface area contributed by atoms with Crippen LogP contribution in [0.2, 0.25) is 0 Å². The van der Waals surface area contributed by atoms with Gasteiger partial charge in [0, 0.05) is 29.9 Å². The smallest absolute Gasteiger partial charge is 0.269 e. The van der Waals surface area contributed by atoms with E-state index in [0.717, 1.165) is 0 Å². The van der Waals surface area contributed by atoms with Gasteiger partial charge in [0.05, 0.1) is 16.7 Å². The topological polar surface area (TPSA) is 132 Å². The van der Waals surface area contributed by atoms with Crippen molar-refractivity contribution in [3.05, 3.63) is 88.8 Å². The number of amides is 2. The molecule has 10 nitrogen and oxygen atoms in total. The van der Waals surface area contributed by atoms with Crippen LogP contribution in [0, 0.1) is 10.1 Å². The number of nitrogens with zero attached hydrogens (tertiary/aromatic N) is 4. The Morgan fingerprint density at radius 3 is 2.52 bits per heavy atom. The maximum Gasteiger partial charge on any atom is 0.269 e. The van der Waals surface area contributed by atoms with Gasteiger partial charge in [0.1, 0.15) is 0 Å². The van der Waals surface area contributed by atoms with E-state index in [1.54, 1.807) is 41.8 Å². The lowest BCUT2D eigenvalue weighted by molar-refractivity contribution is -0.384. The SMILES string of the molecule is C=CCn1c(SCC(=O)Nc2ccc([N+](=O)[O-])cc2)nnc1[C@@H](C)NC(=O)c1ccccc1. The fourth-order valence-corrected chi connectivity index (χ4v) is 3.71. The summed E-state index contributed by atoms with van der Waals surface area (Å²) in [6.45, 7) is 5.96. The average Bonchev–Trinajstić information content (AvgIpc) is 3.21. The molecule has 1 aromatic heterocycles. The monoisotopic (exact) mass is 466 g/mol. The average molecular weight is 467 g/mol. The predicted octanol–water partition coefficient (Wildman–Crippen LogP) is 3.59. The summed E-state index contributed by atoms with van der Waals surface area (Å²) in [4.78, 5) is 35.0. The molecule has 0 aliphatic carbocycles. The number of nitro groups is 1. The molecular formula is C22H22N6O4S. The predicted molar refractivity (Wildman–Crippen MR) is 125 cm³/mol. The first kappa shape index (κ1) is 23.7. The second-order valence-corrected chi connectivity index (χ2v) is 7.88. The van der Waals surface area contributed by atoms with E-state index in [1.807, 2.05) is 6.07 Å². The van der Waals surface area contributed by atoms with Crippen LogP contribution in [0.1, 0.15) is 29.1 Å². The number of nitrogens with one attached hydrogen (secondary N) is 2. The molecule has 3 aromatic rings. The van der Waals surface area contributed by atoms with Crippen LogP contribution in [0.15, 0.2) is 72.4 Å².